The fourth-order valence-electron chi connectivity index (χ4n) is 4.00. The van der Waals surface area contributed by atoms with Crippen LogP contribution in [0.5, 0.6) is 0 Å². The zero-order valence-electron chi connectivity index (χ0n) is 15.2. The van der Waals surface area contributed by atoms with Gasteiger partial charge in [0.2, 0.25) is 0 Å². The van der Waals surface area contributed by atoms with Crippen molar-refractivity contribution >= 4 is 0 Å². The summed E-state index contributed by atoms with van der Waals surface area (Å²) in [6.07, 6.45) is 13.0. The molecule has 2 nitrogen and oxygen atoms in total. The summed E-state index contributed by atoms with van der Waals surface area (Å²) in [4.78, 5) is 4.68. The highest BCUT2D eigenvalue weighted by atomic mass is 14.7. The van der Waals surface area contributed by atoms with Gasteiger partial charge >= 0.3 is 0 Å². The average molecular weight is 332 g/mol. The van der Waals surface area contributed by atoms with Crippen LogP contribution in [-0.4, -0.2) is 4.98 Å². The lowest BCUT2D eigenvalue weighted by molar-refractivity contribution is 0.302. The molecule has 2 heteroatoms. The zero-order valence-corrected chi connectivity index (χ0v) is 15.2. The Labute approximate surface area is 151 Å². The smallest absolute Gasteiger partial charge is 0.0991 e. The maximum atomic E-state index is 8.89. The van der Waals surface area contributed by atoms with Gasteiger partial charge in [-0.15, -0.1) is 0 Å². The van der Waals surface area contributed by atoms with Crippen molar-refractivity contribution in [3.05, 3.63) is 53.7 Å². The number of hydrogen-bond donors (Lipinski definition) is 0. The third kappa shape index (κ3) is 4.69. The van der Waals surface area contributed by atoms with Gasteiger partial charge in [0.25, 0.3) is 0 Å². The molecule has 3 rings (SSSR count). The standard InChI is InChI=1S/C23H28N2/c1-2-3-4-5-18-6-10-20(11-7-18)22-14-15-23(25-17-22)21-12-8-19(16-24)9-13-21/h8-9,12-15,17-18,20H,2-7,10-11H2,1H3. The van der Waals surface area contributed by atoms with E-state index in [0.717, 1.165) is 17.2 Å². The van der Waals surface area contributed by atoms with Crippen LogP contribution in [0.3, 0.4) is 0 Å². The van der Waals surface area contributed by atoms with E-state index in [-0.39, 0.29) is 0 Å². The molecule has 1 aliphatic rings. The van der Waals surface area contributed by atoms with Crippen LogP contribution in [0.2, 0.25) is 0 Å². The SMILES string of the molecule is CCCCCC1CCC(c2ccc(-c3ccc(C#N)cc3)nc2)CC1. The minimum atomic E-state index is 0.685. The lowest BCUT2D eigenvalue weighted by Crippen LogP contribution is -2.13. The molecule has 0 radical (unpaired) electrons. The lowest BCUT2D eigenvalue weighted by atomic mass is 9.77. The van der Waals surface area contributed by atoms with Crippen LogP contribution in [0.1, 0.15) is 75.3 Å². The first-order chi connectivity index (χ1) is 12.3. The molecule has 0 atom stereocenters. The molecule has 0 aliphatic heterocycles. The van der Waals surface area contributed by atoms with E-state index in [1.54, 1.807) is 0 Å². The molecule has 0 bridgehead atoms. The van der Waals surface area contributed by atoms with Crippen LogP contribution in [-0.2, 0) is 0 Å². The molecule has 1 aliphatic carbocycles. The van der Waals surface area contributed by atoms with Crippen molar-refractivity contribution in [2.45, 2.75) is 64.2 Å². The van der Waals surface area contributed by atoms with E-state index >= 15 is 0 Å². The second-order valence-electron chi connectivity index (χ2n) is 7.38. The predicted octanol–water partition coefficient (Wildman–Crippen LogP) is 6.47. The third-order valence-corrected chi connectivity index (χ3v) is 5.63. The molecular formula is C23H28N2. The largest absolute Gasteiger partial charge is 0.256 e. The van der Waals surface area contributed by atoms with Gasteiger partial charge in [0.1, 0.15) is 0 Å². The molecule has 25 heavy (non-hydrogen) atoms. The fraction of sp³-hybridized carbons (Fsp3) is 0.478. The van der Waals surface area contributed by atoms with Gasteiger partial charge in [-0.1, -0.05) is 50.8 Å². The summed E-state index contributed by atoms with van der Waals surface area (Å²) >= 11 is 0. The number of nitriles is 1. The van der Waals surface area contributed by atoms with Crippen molar-refractivity contribution < 1.29 is 0 Å². The Hall–Kier alpha value is -2.14. The first-order valence-corrected chi connectivity index (χ1v) is 9.76. The van der Waals surface area contributed by atoms with E-state index in [0.29, 0.717) is 11.5 Å². The molecule has 2 aromatic rings. The zero-order chi connectivity index (χ0) is 17.5. The Bertz CT molecular complexity index is 686. The normalized spacial score (nSPS) is 20.2. The lowest BCUT2D eigenvalue weighted by Gasteiger charge is -2.28. The molecule has 130 valence electrons. The van der Waals surface area contributed by atoms with Gasteiger partial charge < -0.3 is 0 Å². The van der Waals surface area contributed by atoms with E-state index in [1.165, 1.54) is 56.9 Å². The van der Waals surface area contributed by atoms with Crippen LogP contribution < -0.4 is 0 Å². The van der Waals surface area contributed by atoms with E-state index in [1.807, 2.05) is 24.3 Å². The number of unbranched alkanes of at least 4 members (excludes halogenated alkanes) is 2. The molecule has 1 fully saturated rings. The van der Waals surface area contributed by atoms with Crippen LogP contribution >= 0.6 is 0 Å². The maximum absolute atomic E-state index is 8.89. The molecule has 1 aromatic carbocycles. The Kier molecular flexibility index (Phi) is 6.23. The van der Waals surface area contributed by atoms with Crippen molar-refractivity contribution in [3.63, 3.8) is 0 Å². The predicted molar refractivity (Wildman–Crippen MR) is 103 cm³/mol. The van der Waals surface area contributed by atoms with Crippen molar-refractivity contribution in [1.82, 2.24) is 4.98 Å². The van der Waals surface area contributed by atoms with Crippen LogP contribution in [0, 0.1) is 17.2 Å². The van der Waals surface area contributed by atoms with Crippen molar-refractivity contribution in [2.24, 2.45) is 5.92 Å². The van der Waals surface area contributed by atoms with E-state index < -0.39 is 0 Å². The highest BCUT2D eigenvalue weighted by Gasteiger charge is 2.22. The first-order valence-electron chi connectivity index (χ1n) is 9.76. The minimum absolute atomic E-state index is 0.685. The quantitative estimate of drug-likeness (QED) is 0.568. The van der Waals surface area contributed by atoms with Crippen molar-refractivity contribution in [2.75, 3.05) is 0 Å². The molecule has 0 N–H and O–H groups in total. The number of pyridine rings is 1. The molecular weight excluding hydrogens is 304 g/mol. The van der Waals surface area contributed by atoms with Crippen LogP contribution in [0.25, 0.3) is 11.3 Å². The molecule has 1 saturated carbocycles. The average Bonchev–Trinajstić information content (AvgIpc) is 2.69. The third-order valence-electron chi connectivity index (χ3n) is 5.63. The molecule has 1 aromatic heterocycles. The van der Waals surface area contributed by atoms with Crippen molar-refractivity contribution in [1.29, 1.82) is 5.26 Å². The second-order valence-corrected chi connectivity index (χ2v) is 7.38. The summed E-state index contributed by atoms with van der Waals surface area (Å²) in [6, 6.07) is 14.2. The topological polar surface area (TPSA) is 36.7 Å². The fourth-order valence-corrected chi connectivity index (χ4v) is 4.00. The Morgan fingerprint density at radius 3 is 2.36 bits per heavy atom. The molecule has 0 saturated heterocycles. The number of benzene rings is 1. The summed E-state index contributed by atoms with van der Waals surface area (Å²) < 4.78 is 0. The Morgan fingerprint density at radius 1 is 1.00 bits per heavy atom. The van der Waals surface area contributed by atoms with Crippen molar-refractivity contribution in [3.8, 4) is 17.3 Å². The Balaban J connectivity index is 1.57. The highest BCUT2D eigenvalue weighted by Crippen LogP contribution is 2.37. The van der Waals surface area contributed by atoms with E-state index in [2.05, 4.69) is 36.3 Å². The monoisotopic (exact) mass is 332 g/mol. The van der Waals surface area contributed by atoms with E-state index in [9.17, 15) is 0 Å². The van der Waals surface area contributed by atoms with Gasteiger partial charge in [0.05, 0.1) is 17.3 Å². The molecule has 0 amide bonds. The van der Waals surface area contributed by atoms with Gasteiger partial charge in [-0.05, 0) is 61.3 Å². The number of hydrogen-bond acceptors (Lipinski definition) is 2. The summed E-state index contributed by atoms with van der Waals surface area (Å²) in [5.74, 6) is 1.64. The molecule has 0 unspecified atom stereocenters. The maximum Gasteiger partial charge on any atom is 0.0991 e. The van der Waals surface area contributed by atoms with Gasteiger partial charge in [0.15, 0.2) is 0 Å². The minimum Gasteiger partial charge on any atom is -0.256 e. The first kappa shape index (κ1) is 17.7. The Morgan fingerprint density at radius 2 is 1.76 bits per heavy atom. The van der Waals surface area contributed by atoms with Gasteiger partial charge in [-0.2, -0.15) is 5.26 Å². The second kappa shape index (κ2) is 8.81. The van der Waals surface area contributed by atoms with Crippen LogP contribution in [0.4, 0.5) is 0 Å². The number of aromatic nitrogens is 1. The molecule has 1 heterocycles. The summed E-state index contributed by atoms with van der Waals surface area (Å²) in [5.41, 5.74) is 4.15. The van der Waals surface area contributed by atoms with Crippen LogP contribution in [0.15, 0.2) is 42.6 Å². The van der Waals surface area contributed by atoms with Gasteiger partial charge in [0, 0.05) is 11.8 Å². The summed E-state index contributed by atoms with van der Waals surface area (Å²) in [7, 11) is 0. The van der Waals surface area contributed by atoms with Gasteiger partial charge in [-0.3, -0.25) is 4.98 Å². The molecule has 0 spiro atoms. The van der Waals surface area contributed by atoms with E-state index in [4.69, 9.17) is 5.26 Å². The highest BCUT2D eigenvalue weighted by molar-refractivity contribution is 5.60. The summed E-state index contributed by atoms with van der Waals surface area (Å²) in [5, 5.41) is 8.89. The summed E-state index contributed by atoms with van der Waals surface area (Å²) in [6.45, 7) is 2.28. The number of nitrogens with zero attached hydrogens (tertiary/aromatic N) is 2. The van der Waals surface area contributed by atoms with Gasteiger partial charge in [-0.25, -0.2) is 0 Å². The number of rotatable bonds is 6.